The summed E-state index contributed by atoms with van der Waals surface area (Å²) in [6.45, 7) is 14.7. The molecule has 16 heteroatoms. The van der Waals surface area contributed by atoms with E-state index in [4.69, 9.17) is 37.9 Å². The monoisotopic (exact) mass is 885 g/mol. The van der Waals surface area contributed by atoms with Gasteiger partial charge in [0.15, 0.2) is 24.7 Å². The smallest absolute Gasteiger partial charge is 0.187 e. The third-order valence-corrected chi connectivity index (χ3v) is 17.2. The van der Waals surface area contributed by atoms with Crippen LogP contribution in [0.15, 0.2) is 11.6 Å². The zero-order valence-corrected chi connectivity index (χ0v) is 37.6. The fraction of sp³-hybridized carbons (Fsp3) is 0.957. The Morgan fingerprint density at radius 3 is 1.94 bits per heavy atom. The van der Waals surface area contributed by atoms with Crippen molar-refractivity contribution in [2.45, 2.75) is 223 Å². The second-order valence-electron chi connectivity index (χ2n) is 21.1. The summed E-state index contributed by atoms with van der Waals surface area (Å²) in [4.78, 5) is 0. The summed E-state index contributed by atoms with van der Waals surface area (Å²) in [5.74, 6) is 2.09. The largest absolute Gasteiger partial charge is 0.394 e. The van der Waals surface area contributed by atoms with Gasteiger partial charge in [0.2, 0.25) is 0 Å². The number of fused-ring (bicyclic) bond motifs is 5. The number of ether oxygens (including phenoxy) is 8. The van der Waals surface area contributed by atoms with E-state index in [0.29, 0.717) is 42.4 Å². The van der Waals surface area contributed by atoms with Gasteiger partial charge in [0.05, 0.1) is 37.6 Å². The topological polar surface area (TPSA) is 236 Å². The summed E-state index contributed by atoms with van der Waals surface area (Å²) in [5.41, 5.74) is 1.51. The maximum atomic E-state index is 12.0. The molecule has 4 heterocycles. The van der Waals surface area contributed by atoms with Crippen molar-refractivity contribution >= 4 is 0 Å². The zero-order chi connectivity index (χ0) is 44.6. The molecule has 0 aromatic heterocycles. The van der Waals surface area contributed by atoms with E-state index in [1.54, 1.807) is 0 Å². The van der Waals surface area contributed by atoms with Crippen LogP contribution in [0.25, 0.3) is 0 Å². The zero-order valence-electron chi connectivity index (χ0n) is 37.6. The van der Waals surface area contributed by atoms with Gasteiger partial charge in [0, 0.05) is 6.42 Å². The molecule has 0 aromatic rings. The lowest BCUT2D eigenvalue weighted by Gasteiger charge is -2.58. The van der Waals surface area contributed by atoms with Gasteiger partial charge in [-0.3, -0.25) is 0 Å². The fourth-order valence-electron chi connectivity index (χ4n) is 13.3. The maximum Gasteiger partial charge on any atom is 0.187 e. The molecule has 7 fully saturated rings. The molecule has 0 amide bonds. The third-order valence-electron chi connectivity index (χ3n) is 17.2. The van der Waals surface area contributed by atoms with Crippen molar-refractivity contribution in [1.29, 1.82) is 0 Å². The summed E-state index contributed by atoms with van der Waals surface area (Å²) in [7, 11) is 0. The highest BCUT2D eigenvalue weighted by Gasteiger charge is 2.62. The van der Waals surface area contributed by atoms with Crippen LogP contribution in [0, 0.1) is 40.4 Å². The Kier molecular flexibility index (Phi) is 14.0. The molecule has 8 aliphatic rings. The standard InChI is InChI=1S/C46H76O16/c1-8-27-30(62-46(7)16-11-21(2)20-55-46)18-29-26-10-9-24-17-25(12-14-44(24,5)28(26)13-15-45(27,29)6)58-43-40(61-42-37(53)35(51)33(49)23(4)57-42)38(54)39(31(19-47)59-43)60-41-36(52)34(50)32(48)22(3)56-41/h9,21-23,25-43,47-54H,8,10-20H2,1-7H3/t21-,22?,23?,25+,26-,27+,28+,29+,30+,31?,32+,33+,34?,35?,36+,37+,38+,39-,40?,41+,42+,43-,44+,45-,46+/m1/s1. The highest BCUT2D eigenvalue weighted by molar-refractivity contribution is 5.26. The van der Waals surface area contributed by atoms with Crippen LogP contribution in [0.4, 0.5) is 0 Å². The van der Waals surface area contributed by atoms with Gasteiger partial charge in [0.1, 0.15) is 61.0 Å². The predicted octanol–water partition coefficient (Wildman–Crippen LogP) is 2.02. The summed E-state index contributed by atoms with van der Waals surface area (Å²) in [5, 5.41) is 86.0. The van der Waals surface area contributed by atoms with Gasteiger partial charge < -0.3 is 78.7 Å². The second-order valence-corrected chi connectivity index (χ2v) is 21.1. The summed E-state index contributed by atoms with van der Waals surface area (Å²) < 4.78 is 50.0. The quantitative estimate of drug-likeness (QED) is 0.147. The van der Waals surface area contributed by atoms with Crippen LogP contribution < -0.4 is 0 Å². The van der Waals surface area contributed by atoms with Crippen LogP contribution in [-0.4, -0.2) is 164 Å². The SMILES string of the molecule is CC[C@H]1[C@@H](O[C@@]2(C)CC[C@@H](C)CO2)C[C@H]2[C@@H]3CC=C4C[C@@H](O[C@@H]5OC(CO)[C@@H](O[C@@H]6OC(C)[C@H](O)C(O)[C@@H]6O)[C@H](O)C5O[C@@H]5OC(C)[C@H](O)C(O)[C@@H]5O)CC[C@]4(C)[C@H]3CC[C@@]21C. The molecule has 62 heavy (non-hydrogen) atoms. The molecule has 356 valence electrons. The number of hydrogen-bond acceptors (Lipinski definition) is 16. The lowest BCUT2D eigenvalue weighted by Crippen LogP contribution is -2.66. The molecule has 8 rings (SSSR count). The predicted molar refractivity (Wildman–Crippen MR) is 220 cm³/mol. The van der Waals surface area contributed by atoms with Crippen LogP contribution in [0.5, 0.6) is 0 Å². The van der Waals surface area contributed by atoms with E-state index >= 15 is 0 Å². The number of aliphatic hydroxyl groups is 8. The summed E-state index contributed by atoms with van der Waals surface area (Å²) in [6, 6.07) is 0. The molecular weight excluding hydrogens is 808 g/mol. The lowest BCUT2D eigenvalue weighted by atomic mass is 9.47. The van der Waals surface area contributed by atoms with E-state index in [1.165, 1.54) is 19.4 Å². The van der Waals surface area contributed by atoms with Crippen LogP contribution in [-0.2, 0) is 37.9 Å². The highest BCUT2D eigenvalue weighted by atomic mass is 16.8. The average molecular weight is 885 g/mol. The van der Waals surface area contributed by atoms with Gasteiger partial charge >= 0.3 is 0 Å². The number of hydrogen-bond donors (Lipinski definition) is 8. The van der Waals surface area contributed by atoms with Gasteiger partial charge in [-0.25, -0.2) is 0 Å². The van der Waals surface area contributed by atoms with Crippen LogP contribution in [0.1, 0.15) is 113 Å². The van der Waals surface area contributed by atoms with Crippen LogP contribution in [0.3, 0.4) is 0 Å². The normalized spacial score (nSPS) is 55.8. The van der Waals surface area contributed by atoms with Crippen LogP contribution >= 0.6 is 0 Å². The number of allylic oxidation sites excluding steroid dienone is 1. The van der Waals surface area contributed by atoms with E-state index in [0.717, 1.165) is 58.0 Å². The van der Waals surface area contributed by atoms with Gasteiger partial charge in [-0.15, -0.1) is 0 Å². The molecule has 25 atom stereocenters. The second kappa shape index (κ2) is 18.3. The average Bonchev–Trinajstić information content (AvgIpc) is 3.53. The number of aliphatic hydroxyl groups excluding tert-OH is 8. The van der Waals surface area contributed by atoms with Gasteiger partial charge in [-0.05, 0) is 113 Å². The summed E-state index contributed by atoms with van der Waals surface area (Å²) in [6.07, 6.45) is -9.55. The van der Waals surface area contributed by atoms with Crippen molar-refractivity contribution in [3.05, 3.63) is 11.6 Å². The van der Waals surface area contributed by atoms with Gasteiger partial charge in [-0.2, -0.15) is 0 Å². The van der Waals surface area contributed by atoms with E-state index < -0.39 is 105 Å². The third kappa shape index (κ3) is 8.51. The van der Waals surface area contributed by atoms with Crippen molar-refractivity contribution in [3.8, 4) is 0 Å². The fourth-order valence-corrected chi connectivity index (χ4v) is 13.3. The minimum absolute atomic E-state index is 0.0297. The molecule has 0 radical (unpaired) electrons. The first-order chi connectivity index (χ1) is 29.3. The molecule has 4 aliphatic carbocycles. The lowest BCUT2D eigenvalue weighted by molar-refractivity contribution is -0.388. The van der Waals surface area contributed by atoms with E-state index in [9.17, 15) is 40.9 Å². The Morgan fingerprint density at radius 1 is 0.694 bits per heavy atom. The first-order valence-corrected chi connectivity index (χ1v) is 23.6. The molecule has 8 N–H and O–H groups in total. The highest BCUT2D eigenvalue weighted by Crippen LogP contribution is 2.67. The molecule has 16 nitrogen and oxygen atoms in total. The Balaban J connectivity index is 0.992. The van der Waals surface area contributed by atoms with Crippen molar-refractivity contribution in [2.75, 3.05) is 13.2 Å². The Hall–Kier alpha value is -0.900. The Bertz CT molecular complexity index is 1560. The van der Waals surface area contributed by atoms with Gasteiger partial charge in [-0.1, -0.05) is 45.8 Å². The Morgan fingerprint density at radius 2 is 1.34 bits per heavy atom. The molecule has 4 saturated heterocycles. The van der Waals surface area contributed by atoms with Crippen LogP contribution in [0.2, 0.25) is 0 Å². The molecular formula is C46H76O16. The molecule has 0 spiro atoms. The molecule has 4 aliphatic heterocycles. The number of rotatable bonds is 10. The van der Waals surface area contributed by atoms with E-state index in [-0.39, 0.29) is 23.0 Å². The van der Waals surface area contributed by atoms with Crippen molar-refractivity contribution in [3.63, 3.8) is 0 Å². The minimum atomic E-state index is -1.71. The first kappa shape index (κ1) is 47.6. The van der Waals surface area contributed by atoms with Crippen molar-refractivity contribution in [1.82, 2.24) is 0 Å². The molecule has 0 bridgehead atoms. The first-order valence-electron chi connectivity index (χ1n) is 23.6. The molecule has 0 aromatic carbocycles. The maximum absolute atomic E-state index is 12.0. The molecule has 3 saturated carbocycles. The Labute approximate surface area is 366 Å². The minimum Gasteiger partial charge on any atom is -0.394 e. The molecule has 6 unspecified atom stereocenters. The van der Waals surface area contributed by atoms with Crippen molar-refractivity contribution < 1.29 is 78.7 Å². The summed E-state index contributed by atoms with van der Waals surface area (Å²) >= 11 is 0. The van der Waals surface area contributed by atoms with Crippen molar-refractivity contribution in [2.24, 2.45) is 40.4 Å². The van der Waals surface area contributed by atoms with Gasteiger partial charge in [0.25, 0.3) is 0 Å². The van der Waals surface area contributed by atoms with E-state index in [2.05, 4.69) is 40.7 Å². The van der Waals surface area contributed by atoms with E-state index in [1.807, 2.05) is 0 Å².